The fourth-order valence-corrected chi connectivity index (χ4v) is 2.74. The summed E-state index contributed by atoms with van der Waals surface area (Å²) in [6.07, 6.45) is 1.75. The average molecular weight is 368 g/mol. The van der Waals surface area contributed by atoms with Gasteiger partial charge in [0.15, 0.2) is 11.5 Å². The molecule has 0 atom stereocenters. The van der Waals surface area contributed by atoms with E-state index < -0.39 is 0 Å². The van der Waals surface area contributed by atoms with Crippen LogP contribution in [0.15, 0.2) is 54.7 Å². The fraction of sp³-hybridized carbons (Fsp3) is 0.190. The standard InChI is InChI=1S/C21H21FN2O3/c1-25-19-11-15(12-20(26-2)21(19)27-3)18-10-14(8-9-23-18)13-24-17-6-4-16(22)5-7-17/h4-12,24H,13H2,1-3H3. The van der Waals surface area contributed by atoms with Crippen LogP contribution in [0.25, 0.3) is 11.3 Å². The van der Waals surface area contributed by atoms with Crippen molar-refractivity contribution in [1.29, 1.82) is 0 Å². The molecule has 0 aliphatic carbocycles. The Kier molecular flexibility index (Phi) is 5.76. The molecular weight excluding hydrogens is 347 g/mol. The smallest absolute Gasteiger partial charge is 0.203 e. The van der Waals surface area contributed by atoms with Crippen LogP contribution in [0.3, 0.4) is 0 Å². The molecule has 6 heteroatoms. The number of nitrogens with zero attached hydrogens (tertiary/aromatic N) is 1. The summed E-state index contributed by atoms with van der Waals surface area (Å²) in [7, 11) is 4.73. The van der Waals surface area contributed by atoms with Crippen molar-refractivity contribution in [3.63, 3.8) is 0 Å². The third-order valence-electron chi connectivity index (χ3n) is 4.13. The van der Waals surface area contributed by atoms with E-state index in [1.54, 1.807) is 39.7 Å². The van der Waals surface area contributed by atoms with Crippen molar-refractivity contribution in [2.75, 3.05) is 26.6 Å². The Morgan fingerprint density at radius 1 is 0.889 bits per heavy atom. The molecule has 3 rings (SSSR count). The van der Waals surface area contributed by atoms with Crippen LogP contribution >= 0.6 is 0 Å². The molecule has 27 heavy (non-hydrogen) atoms. The summed E-state index contributed by atoms with van der Waals surface area (Å²) in [6.45, 7) is 0.589. The molecular formula is C21H21FN2O3. The quantitative estimate of drug-likeness (QED) is 0.664. The Balaban J connectivity index is 1.85. The highest BCUT2D eigenvalue weighted by Gasteiger charge is 2.14. The number of pyridine rings is 1. The van der Waals surface area contributed by atoms with Crippen LogP contribution in [-0.2, 0) is 6.54 Å². The zero-order valence-corrected chi connectivity index (χ0v) is 15.5. The number of anilines is 1. The van der Waals surface area contributed by atoms with Gasteiger partial charge in [-0.25, -0.2) is 4.39 Å². The van der Waals surface area contributed by atoms with Crippen molar-refractivity contribution in [2.24, 2.45) is 0 Å². The second kappa shape index (κ2) is 8.40. The molecule has 0 radical (unpaired) electrons. The summed E-state index contributed by atoms with van der Waals surface area (Å²) >= 11 is 0. The summed E-state index contributed by atoms with van der Waals surface area (Å²) in [6, 6.07) is 13.9. The van der Waals surface area contributed by atoms with Gasteiger partial charge in [0.1, 0.15) is 5.82 Å². The molecule has 0 fully saturated rings. The lowest BCUT2D eigenvalue weighted by molar-refractivity contribution is 0.324. The summed E-state index contributed by atoms with van der Waals surface area (Å²) < 4.78 is 29.2. The van der Waals surface area contributed by atoms with E-state index >= 15 is 0 Å². The van der Waals surface area contributed by atoms with Crippen molar-refractivity contribution in [1.82, 2.24) is 4.98 Å². The summed E-state index contributed by atoms with van der Waals surface area (Å²) in [5.74, 6) is 1.43. The van der Waals surface area contributed by atoms with Gasteiger partial charge >= 0.3 is 0 Å². The third kappa shape index (κ3) is 4.28. The van der Waals surface area contributed by atoms with Crippen LogP contribution in [0.2, 0.25) is 0 Å². The van der Waals surface area contributed by atoms with Crippen molar-refractivity contribution < 1.29 is 18.6 Å². The Labute approximate surface area is 157 Å². The molecule has 0 aliphatic heterocycles. The van der Waals surface area contributed by atoms with E-state index in [0.717, 1.165) is 22.5 Å². The molecule has 0 saturated carbocycles. The first kappa shape index (κ1) is 18.5. The molecule has 0 saturated heterocycles. The van der Waals surface area contributed by atoms with Gasteiger partial charge in [-0.2, -0.15) is 0 Å². The van der Waals surface area contributed by atoms with E-state index in [0.29, 0.717) is 23.8 Å². The number of nitrogens with one attached hydrogen (secondary N) is 1. The zero-order chi connectivity index (χ0) is 19.2. The van der Waals surface area contributed by atoms with Crippen LogP contribution in [0.4, 0.5) is 10.1 Å². The Bertz CT molecular complexity index is 889. The third-order valence-corrected chi connectivity index (χ3v) is 4.13. The highest BCUT2D eigenvalue weighted by Crippen LogP contribution is 2.40. The van der Waals surface area contributed by atoms with Crippen LogP contribution in [0, 0.1) is 5.82 Å². The molecule has 1 N–H and O–H groups in total. The number of hydrogen-bond acceptors (Lipinski definition) is 5. The highest BCUT2D eigenvalue weighted by atomic mass is 19.1. The van der Waals surface area contributed by atoms with Crippen molar-refractivity contribution in [3.8, 4) is 28.5 Å². The van der Waals surface area contributed by atoms with E-state index in [1.807, 2.05) is 24.3 Å². The summed E-state index contributed by atoms with van der Waals surface area (Å²) in [4.78, 5) is 4.45. The molecule has 0 spiro atoms. The minimum Gasteiger partial charge on any atom is -0.493 e. The van der Waals surface area contributed by atoms with E-state index in [2.05, 4.69) is 10.3 Å². The van der Waals surface area contributed by atoms with Gasteiger partial charge < -0.3 is 19.5 Å². The Morgan fingerprint density at radius 3 is 2.15 bits per heavy atom. The molecule has 1 aromatic heterocycles. The molecule has 0 amide bonds. The zero-order valence-electron chi connectivity index (χ0n) is 15.5. The van der Waals surface area contributed by atoms with E-state index in [9.17, 15) is 4.39 Å². The maximum absolute atomic E-state index is 13.0. The van der Waals surface area contributed by atoms with Gasteiger partial charge in [-0.15, -0.1) is 0 Å². The number of rotatable bonds is 7. The van der Waals surface area contributed by atoms with Gasteiger partial charge in [-0.3, -0.25) is 4.98 Å². The first-order valence-corrected chi connectivity index (χ1v) is 8.39. The number of aromatic nitrogens is 1. The number of ether oxygens (including phenoxy) is 3. The van der Waals surface area contributed by atoms with E-state index in [-0.39, 0.29) is 5.82 Å². The number of benzene rings is 2. The molecule has 0 unspecified atom stereocenters. The predicted molar refractivity (Wildman–Crippen MR) is 103 cm³/mol. The van der Waals surface area contributed by atoms with Crippen LogP contribution in [0.5, 0.6) is 17.2 Å². The van der Waals surface area contributed by atoms with Gasteiger partial charge in [-0.1, -0.05) is 0 Å². The van der Waals surface area contributed by atoms with Gasteiger partial charge in [0, 0.05) is 24.0 Å². The first-order chi connectivity index (χ1) is 13.1. The van der Waals surface area contributed by atoms with E-state index in [4.69, 9.17) is 14.2 Å². The lowest BCUT2D eigenvalue weighted by atomic mass is 10.1. The fourth-order valence-electron chi connectivity index (χ4n) is 2.74. The molecule has 5 nitrogen and oxygen atoms in total. The number of methoxy groups -OCH3 is 3. The van der Waals surface area contributed by atoms with Crippen molar-refractivity contribution in [2.45, 2.75) is 6.54 Å². The Hall–Kier alpha value is -3.28. The second-order valence-electron chi connectivity index (χ2n) is 5.82. The average Bonchev–Trinajstić information content (AvgIpc) is 2.72. The highest BCUT2D eigenvalue weighted by molar-refractivity contribution is 5.69. The first-order valence-electron chi connectivity index (χ1n) is 8.39. The SMILES string of the molecule is COc1cc(-c2cc(CNc3ccc(F)cc3)ccn2)cc(OC)c1OC. The number of hydrogen-bond donors (Lipinski definition) is 1. The van der Waals surface area contributed by atoms with E-state index in [1.165, 1.54) is 12.1 Å². The lowest BCUT2D eigenvalue weighted by Gasteiger charge is -2.14. The molecule has 1 heterocycles. The van der Waals surface area contributed by atoms with Gasteiger partial charge in [-0.05, 0) is 54.1 Å². The lowest BCUT2D eigenvalue weighted by Crippen LogP contribution is -2.00. The second-order valence-corrected chi connectivity index (χ2v) is 5.82. The largest absolute Gasteiger partial charge is 0.493 e. The minimum atomic E-state index is -0.255. The minimum absolute atomic E-state index is 0.255. The van der Waals surface area contributed by atoms with Crippen LogP contribution in [0.1, 0.15) is 5.56 Å². The maximum Gasteiger partial charge on any atom is 0.203 e. The van der Waals surface area contributed by atoms with Gasteiger partial charge in [0.25, 0.3) is 0 Å². The van der Waals surface area contributed by atoms with Gasteiger partial charge in [0.2, 0.25) is 5.75 Å². The topological polar surface area (TPSA) is 52.6 Å². The van der Waals surface area contributed by atoms with Crippen LogP contribution in [-0.4, -0.2) is 26.3 Å². The molecule has 2 aromatic carbocycles. The molecule has 0 aliphatic rings. The molecule has 0 bridgehead atoms. The van der Waals surface area contributed by atoms with Crippen molar-refractivity contribution in [3.05, 3.63) is 66.1 Å². The Morgan fingerprint density at radius 2 is 1.56 bits per heavy atom. The van der Waals surface area contributed by atoms with Gasteiger partial charge in [0.05, 0.1) is 27.0 Å². The number of halogens is 1. The molecule has 140 valence electrons. The normalized spacial score (nSPS) is 10.4. The summed E-state index contributed by atoms with van der Waals surface area (Å²) in [5, 5.41) is 3.27. The maximum atomic E-state index is 13.0. The predicted octanol–water partition coefficient (Wildman–Crippen LogP) is 4.53. The van der Waals surface area contributed by atoms with Crippen molar-refractivity contribution >= 4 is 5.69 Å². The van der Waals surface area contributed by atoms with Crippen LogP contribution < -0.4 is 19.5 Å². The monoisotopic (exact) mass is 368 g/mol. The molecule has 3 aromatic rings. The summed E-state index contributed by atoms with van der Waals surface area (Å²) in [5.41, 5.74) is 3.53.